The SMILES string of the molecule is N=C1N(O)CC2c3ccccc3Cc3ccccc3N12. The molecule has 1 saturated heterocycles. The standard InChI is InChI=1S/C16H15N3O/c17-16-18(20)10-15-13-7-3-1-5-11(13)9-12-6-2-4-8-14(12)19(15)16/h1-8,15,17,20H,9-10H2. The van der Waals surface area contributed by atoms with Gasteiger partial charge in [-0.2, -0.15) is 0 Å². The van der Waals surface area contributed by atoms with E-state index in [0.29, 0.717) is 6.54 Å². The van der Waals surface area contributed by atoms with E-state index >= 15 is 0 Å². The van der Waals surface area contributed by atoms with Crippen LogP contribution in [0.2, 0.25) is 0 Å². The Kier molecular flexibility index (Phi) is 2.35. The Morgan fingerprint density at radius 1 is 1.00 bits per heavy atom. The van der Waals surface area contributed by atoms with Crippen molar-refractivity contribution >= 4 is 11.6 Å². The zero-order valence-electron chi connectivity index (χ0n) is 11.0. The lowest BCUT2D eigenvalue weighted by Crippen LogP contribution is -2.31. The van der Waals surface area contributed by atoms with Gasteiger partial charge in [0, 0.05) is 5.69 Å². The normalized spacial score (nSPS) is 20.2. The van der Waals surface area contributed by atoms with Crippen molar-refractivity contribution in [3.8, 4) is 0 Å². The summed E-state index contributed by atoms with van der Waals surface area (Å²) in [4.78, 5) is 1.93. The van der Waals surface area contributed by atoms with Crippen molar-refractivity contribution in [3.63, 3.8) is 0 Å². The Balaban J connectivity index is 1.98. The second-order valence-electron chi connectivity index (χ2n) is 5.30. The molecule has 2 aliphatic rings. The fourth-order valence-corrected chi connectivity index (χ4v) is 3.24. The lowest BCUT2D eigenvalue weighted by atomic mass is 9.97. The quantitative estimate of drug-likeness (QED) is 0.770. The number of nitrogens with one attached hydrogen (secondary N) is 1. The average Bonchev–Trinajstić information content (AvgIpc) is 2.68. The van der Waals surface area contributed by atoms with Gasteiger partial charge in [-0.05, 0) is 29.2 Å². The number of benzene rings is 2. The summed E-state index contributed by atoms with van der Waals surface area (Å²) in [6, 6.07) is 16.5. The van der Waals surface area contributed by atoms with E-state index in [-0.39, 0.29) is 12.0 Å². The van der Waals surface area contributed by atoms with E-state index in [1.165, 1.54) is 16.7 Å². The molecule has 0 radical (unpaired) electrons. The topological polar surface area (TPSA) is 50.6 Å². The van der Waals surface area contributed by atoms with Crippen LogP contribution in [0.5, 0.6) is 0 Å². The molecule has 2 heterocycles. The van der Waals surface area contributed by atoms with Gasteiger partial charge in [-0.25, -0.2) is 5.06 Å². The fraction of sp³-hybridized carbons (Fsp3) is 0.188. The zero-order chi connectivity index (χ0) is 13.7. The van der Waals surface area contributed by atoms with Gasteiger partial charge >= 0.3 is 0 Å². The zero-order valence-corrected chi connectivity index (χ0v) is 11.0. The highest BCUT2D eigenvalue weighted by atomic mass is 16.5. The molecule has 4 rings (SSSR count). The van der Waals surface area contributed by atoms with Crippen molar-refractivity contribution in [1.29, 1.82) is 5.41 Å². The van der Waals surface area contributed by atoms with E-state index in [2.05, 4.69) is 18.2 Å². The van der Waals surface area contributed by atoms with E-state index in [1.54, 1.807) is 0 Å². The Bertz CT molecular complexity index is 698. The Morgan fingerprint density at radius 2 is 1.70 bits per heavy atom. The molecule has 0 amide bonds. The van der Waals surface area contributed by atoms with Gasteiger partial charge < -0.3 is 4.90 Å². The third-order valence-corrected chi connectivity index (χ3v) is 4.18. The summed E-state index contributed by atoms with van der Waals surface area (Å²) in [5, 5.41) is 19.1. The molecule has 1 fully saturated rings. The van der Waals surface area contributed by atoms with E-state index in [1.807, 2.05) is 35.2 Å². The second-order valence-corrected chi connectivity index (χ2v) is 5.30. The van der Waals surface area contributed by atoms with Gasteiger partial charge in [0.2, 0.25) is 5.96 Å². The van der Waals surface area contributed by atoms with Crippen LogP contribution >= 0.6 is 0 Å². The number of guanidine groups is 1. The molecule has 0 bridgehead atoms. The molecule has 2 aromatic carbocycles. The van der Waals surface area contributed by atoms with Crippen LogP contribution in [0.25, 0.3) is 0 Å². The van der Waals surface area contributed by atoms with Gasteiger partial charge in [0.25, 0.3) is 0 Å². The fourth-order valence-electron chi connectivity index (χ4n) is 3.24. The third-order valence-electron chi connectivity index (χ3n) is 4.18. The summed E-state index contributed by atoms with van der Waals surface area (Å²) in [6.45, 7) is 0.435. The van der Waals surface area contributed by atoms with Crippen LogP contribution in [0.4, 0.5) is 5.69 Å². The number of hydrogen-bond acceptors (Lipinski definition) is 2. The summed E-state index contributed by atoms with van der Waals surface area (Å²) in [5.41, 5.74) is 4.69. The molecule has 20 heavy (non-hydrogen) atoms. The van der Waals surface area contributed by atoms with Gasteiger partial charge in [0.05, 0.1) is 12.6 Å². The highest BCUT2D eigenvalue weighted by molar-refractivity contribution is 5.97. The minimum absolute atomic E-state index is 0.00681. The third kappa shape index (κ3) is 1.48. The first-order chi connectivity index (χ1) is 9.75. The molecule has 0 aromatic heterocycles. The van der Waals surface area contributed by atoms with Crippen molar-refractivity contribution < 1.29 is 5.21 Å². The average molecular weight is 265 g/mol. The van der Waals surface area contributed by atoms with E-state index < -0.39 is 0 Å². The molecular weight excluding hydrogens is 250 g/mol. The van der Waals surface area contributed by atoms with E-state index in [0.717, 1.165) is 17.2 Å². The van der Waals surface area contributed by atoms with E-state index in [9.17, 15) is 5.21 Å². The first-order valence-corrected chi connectivity index (χ1v) is 6.75. The number of fused-ring (bicyclic) bond motifs is 5. The number of anilines is 1. The van der Waals surface area contributed by atoms with Crippen LogP contribution < -0.4 is 4.90 Å². The molecule has 100 valence electrons. The number of rotatable bonds is 0. The molecular formula is C16H15N3O. The molecule has 2 aliphatic heterocycles. The van der Waals surface area contributed by atoms with Crippen molar-refractivity contribution in [2.45, 2.75) is 12.5 Å². The van der Waals surface area contributed by atoms with Crippen molar-refractivity contribution in [1.82, 2.24) is 5.06 Å². The maximum atomic E-state index is 9.94. The van der Waals surface area contributed by atoms with E-state index in [4.69, 9.17) is 5.41 Å². The van der Waals surface area contributed by atoms with Crippen LogP contribution in [-0.4, -0.2) is 22.8 Å². The molecule has 1 atom stereocenters. The Morgan fingerprint density at radius 3 is 2.55 bits per heavy atom. The Hall–Kier alpha value is -2.33. The van der Waals surface area contributed by atoms with Gasteiger partial charge in [0.1, 0.15) is 0 Å². The molecule has 2 aromatic rings. The molecule has 1 unspecified atom stereocenters. The number of nitrogens with zero attached hydrogens (tertiary/aromatic N) is 2. The Labute approximate surface area is 117 Å². The molecule has 0 spiro atoms. The first-order valence-electron chi connectivity index (χ1n) is 6.75. The summed E-state index contributed by atoms with van der Waals surface area (Å²) >= 11 is 0. The van der Waals surface area contributed by atoms with Crippen LogP contribution in [0.3, 0.4) is 0 Å². The maximum Gasteiger partial charge on any atom is 0.223 e. The summed E-state index contributed by atoms with van der Waals surface area (Å²) in [5.74, 6) is 0.152. The van der Waals surface area contributed by atoms with Crippen LogP contribution in [0.1, 0.15) is 22.7 Å². The molecule has 0 saturated carbocycles. The minimum Gasteiger partial charge on any atom is -0.301 e. The number of hydroxylamine groups is 2. The summed E-state index contributed by atoms with van der Waals surface area (Å²) < 4.78 is 0. The van der Waals surface area contributed by atoms with Crippen molar-refractivity contribution in [2.75, 3.05) is 11.4 Å². The highest BCUT2D eigenvalue weighted by Gasteiger charge is 2.39. The molecule has 2 N–H and O–H groups in total. The summed E-state index contributed by atoms with van der Waals surface area (Å²) in [7, 11) is 0. The maximum absolute atomic E-state index is 9.94. The molecule has 0 aliphatic carbocycles. The minimum atomic E-state index is 0.00681. The monoisotopic (exact) mass is 265 g/mol. The molecule has 4 nitrogen and oxygen atoms in total. The van der Waals surface area contributed by atoms with Crippen LogP contribution in [-0.2, 0) is 6.42 Å². The van der Waals surface area contributed by atoms with Crippen LogP contribution in [0.15, 0.2) is 48.5 Å². The number of para-hydroxylation sites is 1. The highest BCUT2D eigenvalue weighted by Crippen LogP contribution is 2.40. The number of hydrogen-bond donors (Lipinski definition) is 2. The van der Waals surface area contributed by atoms with Gasteiger partial charge in [0.15, 0.2) is 0 Å². The smallest absolute Gasteiger partial charge is 0.223 e. The van der Waals surface area contributed by atoms with Gasteiger partial charge in [-0.15, -0.1) is 0 Å². The van der Waals surface area contributed by atoms with Crippen LogP contribution in [0, 0.1) is 5.41 Å². The predicted octanol–water partition coefficient (Wildman–Crippen LogP) is 2.78. The predicted molar refractivity (Wildman–Crippen MR) is 77.1 cm³/mol. The van der Waals surface area contributed by atoms with Crippen molar-refractivity contribution in [2.24, 2.45) is 0 Å². The lowest BCUT2D eigenvalue weighted by molar-refractivity contribution is -0.00668. The first kappa shape index (κ1) is 11.5. The molecule has 4 heteroatoms. The van der Waals surface area contributed by atoms with Gasteiger partial charge in [-0.1, -0.05) is 42.5 Å². The van der Waals surface area contributed by atoms with Crippen molar-refractivity contribution in [3.05, 3.63) is 65.2 Å². The lowest BCUT2D eigenvalue weighted by Gasteiger charge is -2.24. The second kappa shape index (κ2) is 4.08. The summed E-state index contributed by atoms with van der Waals surface area (Å²) in [6.07, 6.45) is 0.873. The van der Waals surface area contributed by atoms with Gasteiger partial charge in [-0.3, -0.25) is 10.6 Å². The largest absolute Gasteiger partial charge is 0.301 e.